The van der Waals surface area contributed by atoms with Gasteiger partial charge in [0, 0.05) is 5.69 Å². The van der Waals surface area contributed by atoms with Crippen LogP contribution in [0.15, 0.2) is 18.2 Å². The van der Waals surface area contributed by atoms with Crippen LogP contribution in [0.2, 0.25) is 0 Å². The number of carboxylic acid groups (broad SMARTS) is 1. The van der Waals surface area contributed by atoms with Crippen molar-refractivity contribution in [2.45, 2.75) is 32.0 Å². The summed E-state index contributed by atoms with van der Waals surface area (Å²) in [5.41, 5.74) is 0.889. The highest BCUT2D eigenvalue weighted by Gasteiger charge is 2.34. The van der Waals surface area contributed by atoms with Crippen molar-refractivity contribution in [3.05, 3.63) is 29.6 Å². The minimum absolute atomic E-state index is 0.315. The van der Waals surface area contributed by atoms with Gasteiger partial charge in [0.25, 0.3) is 5.91 Å². The van der Waals surface area contributed by atoms with E-state index >= 15 is 0 Å². The first-order valence-electron chi connectivity index (χ1n) is 5.92. The number of rotatable bonds is 3. The Morgan fingerprint density at radius 2 is 2.05 bits per heavy atom. The van der Waals surface area contributed by atoms with Gasteiger partial charge in [0.2, 0.25) is 0 Å². The standard InChI is InChI=1S/C13H14FNO4/c1-7-6-8(2-3-9(7)14)15-12(16)10-4-5-11(19-10)13(17)18/h2-3,6,10-11H,4-5H2,1H3,(H,15,16)(H,17,18)/t10-,11+/m0/s1. The first-order valence-corrected chi connectivity index (χ1v) is 5.92. The molecule has 1 aromatic carbocycles. The Hall–Kier alpha value is -1.95. The highest BCUT2D eigenvalue weighted by molar-refractivity contribution is 5.94. The number of ether oxygens (including phenoxy) is 1. The van der Waals surface area contributed by atoms with Crippen LogP contribution < -0.4 is 5.32 Å². The molecule has 1 saturated heterocycles. The van der Waals surface area contributed by atoms with Crippen molar-refractivity contribution >= 4 is 17.6 Å². The first kappa shape index (κ1) is 13.5. The van der Waals surface area contributed by atoms with Crippen LogP contribution in [0, 0.1) is 12.7 Å². The van der Waals surface area contributed by atoms with Crippen LogP contribution >= 0.6 is 0 Å². The van der Waals surface area contributed by atoms with Gasteiger partial charge in [-0.1, -0.05) is 0 Å². The molecule has 0 saturated carbocycles. The van der Waals surface area contributed by atoms with Gasteiger partial charge in [-0.25, -0.2) is 9.18 Å². The molecule has 102 valence electrons. The molecule has 19 heavy (non-hydrogen) atoms. The van der Waals surface area contributed by atoms with Crippen molar-refractivity contribution < 1.29 is 23.8 Å². The molecule has 0 radical (unpaired) electrons. The number of nitrogens with one attached hydrogen (secondary N) is 1. The van der Waals surface area contributed by atoms with E-state index in [0.717, 1.165) is 0 Å². The largest absolute Gasteiger partial charge is 0.479 e. The minimum atomic E-state index is -1.06. The van der Waals surface area contributed by atoms with E-state index in [1.54, 1.807) is 6.92 Å². The summed E-state index contributed by atoms with van der Waals surface area (Å²) < 4.78 is 18.2. The van der Waals surface area contributed by atoms with E-state index in [1.807, 2.05) is 0 Å². The maximum Gasteiger partial charge on any atom is 0.332 e. The number of halogens is 1. The van der Waals surface area contributed by atoms with Crippen LogP contribution in [-0.2, 0) is 14.3 Å². The van der Waals surface area contributed by atoms with Gasteiger partial charge in [-0.05, 0) is 43.5 Å². The predicted octanol–water partition coefficient (Wildman–Crippen LogP) is 1.70. The van der Waals surface area contributed by atoms with Gasteiger partial charge in [-0.15, -0.1) is 0 Å². The monoisotopic (exact) mass is 267 g/mol. The lowest BCUT2D eigenvalue weighted by molar-refractivity contribution is -0.150. The third-order valence-corrected chi connectivity index (χ3v) is 3.01. The summed E-state index contributed by atoms with van der Waals surface area (Å²) in [5, 5.41) is 11.4. The molecule has 1 aromatic rings. The Morgan fingerprint density at radius 1 is 1.37 bits per heavy atom. The fourth-order valence-corrected chi connectivity index (χ4v) is 1.96. The Balaban J connectivity index is 1.98. The SMILES string of the molecule is Cc1cc(NC(=O)[C@@H]2CC[C@H](C(=O)O)O2)ccc1F. The maximum atomic E-state index is 13.1. The number of benzene rings is 1. The number of anilines is 1. The second kappa shape index (κ2) is 5.36. The number of hydrogen-bond donors (Lipinski definition) is 2. The predicted molar refractivity (Wildman–Crippen MR) is 65.3 cm³/mol. The highest BCUT2D eigenvalue weighted by atomic mass is 19.1. The van der Waals surface area contributed by atoms with Gasteiger partial charge in [-0.3, -0.25) is 4.79 Å². The fourth-order valence-electron chi connectivity index (χ4n) is 1.96. The van der Waals surface area contributed by atoms with Gasteiger partial charge in [0.1, 0.15) is 11.9 Å². The van der Waals surface area contributed by atoms with Crippen LogP contribution in [0.5, 0.6) is 0 Å². The lowest BCUT2D eigenvalue weighted by Gasteiger charge is -2.12. The quantitative estimate of drug-likeness (QED) is 0.874. The van der Waals surface area contributed by atoms with Crippen LogP contribution in [-0.4, -0.2) is 29.2 Å². The van der Waals surface area contributed by atoms with Gasteiger partial charge in [0.15, 0.2) is 6.10 Å². The molecule has 0 aliphatic carbocycles. The second-order valence-electron chi connectivity index (χ2n) is 4.48. The smallest absolute Gasteiger partial charge is 0.332 e. The summed E-state index contributed by atoms with van der Waals surface area (Å²) in [5.74, 6) is -1.82. The Kier molecular flexibility index (Phi) is 3.80. The zero-order valence-electron chi connectivity index (χ0n) is 10.4. The Labute approximate surface area is 109 Å². The van der Waals surface area contributed by atoms with E-state index in [-0.39, 0.29) is 5.82 Å². The highest BCUT2D eigenvalue weighted by Crippen LogP contribution is 2.22. The topological polar surface area (TPSA) is 75.6 Å². The summed E-state index contributed by atoms with van der Waals surface area (Å²) in [6.07, 6.45) is -1.02. The molecule has 1 aliphatic rings. The molecule has 1 fully saturated rings. The summed E-state index contributed by atoms with van der Waals surface area (Å²) in [6.45, 7) is 1.59. The zero-order valence-corrected chi connectivity index (χ0v) is 10.4. The summed E-state index contributed by atoms with van der Waals surface area (Å²) >= 11 is 0. The molecule has 1 aliphatic heterocycles. The number of carboxylic acids is 1. The normalized spacial score (nSPS) is 22.2. The molecule has 1 heterocycles. The van der Waals surface area contributed by atoms with E-state index in [2.05, 4.69) is 5.32 Å². The summed E-state index contributed by atoms with van der Waals surface area (Å²) in [4.78, 5) is 22.6. The average molecular weight is 267 g/mol. The second-order valence-corrected chi connectivity index (χ2v) is 4.48. The number of aryl methyl sites for hydroxylation is 1. The van der Waals surface area contributed by atoms with E-state index in [1.165, 1.54) is 18.2 Å². The molecule has 0 unspecified atom stereocenters. The number of hydrogen-bond acceptors (Lipinski definition) is 3. The van der Waals surface area contributed by atoms with Gasteiger partial charge < -0.3 is 15.2 Å². The third kappa shape index (κ3) is 3.08. The van der Waals surface area contributed by atoms with Crippen molar-refractivity contribution in [1.29, 1.82) is 0 Å². The van der Waals surface area contributed by atoms with E-state index in [9.17, 15) is 14.0 Å². The van der Waals surface area contributed by atoms with Crippen molar-refractivity contribution in [1.82, 2.24) is 0 Å². The van der Waals surface area contributed by atoms with Crippen molar-refractivity contribution in [2.24, 2.45) is 0 Å². The summed E-state index contributed by atoms with van der Waals surface area (Å²) in [7, 11) is 0. The van der Waals surface area contributed by atoms with Crippen LogP contribution in [0.1, 0.15) is 18.4 Å². The Morgan fingerprint density at radius 3 is 2.63 bits per heavy atom. The average Bonchev–Trinajstić information content (AvgIpc) is 2.83. The van der Waals surface area contributed by atoms with Gasteiger partial charge >= 0.3 is 5.97 Å². The molecule has 1 amide bonds. The van der Waals surface area contributed by atoms with E-state index < -0.39 is 24.1 Å². The van der Waals surface area contributed by atoms with Crippen molar-refractivity contribution in [2.75, 3.05) is 5.32 Å². The summed E-state index contributed by atoms with van der Waals surface area (Å²) in [6, 6.07) is 4.22. The molecule has 2 atom stereocenters. The van der Waals surface area contributed by atoms with Gasteiger partial charge in [0.05, 0.1) is 0 Å². The van der Waals surface area contributed by atoms with Crippen molar-refractivity contribution in [3.63, 3.8) is 0 Å². The van der Waals surface area contributed by atoms with Crippen molar-refractivity contribution in [3.8, 4) is 0 Å². The molecule has 0 spiro atoms. The van der Waals surface area contributed by atoms with Crippen LogP contribution in [0.3, 0.4) is 0 Å². The maximum absolute atomic E-state index is 13.1. The molecule has 2 rings (SSSR count). The Bertz CT molecular complexity index is 517. The molecule has 2 N–H and O–H groups in total. The minimum Gasteiger partial charge on any atom is -0.479 e. The molecule has 0 bridgehead atoms. The lowest BCUT2D eigenvalue weighted by atomic mass is 10.1. The van der Waals surface area contributed by atoms with Crippen LogP contribution in [0.4, 0.5) is 10.1 Å². The van der Waals surface area contributed by atoms with Crippen LogP contribution in [0.25, 0.3) is 0 Å². The zero-order chi connectivity index (χ0) is 14.0. The molecule has 5 nitrogen and oxygen atoms in total. The molecular weight excluding hydrogens is 253 g/mol. The molecule has 6 heteroatoms. The number of amides is 1. The third-order valence-electron chi connectivity index (χ3n) is 3.01. The van der Waals surface area contributed by atoms with Gasteiger partial charge in [-0.2, -0.15) is 0 Å². The molecule has 0 aromatic heterocycles. The first-order chi connectivity index (χ1) is 8.97. The number of aliphatic carboxylic acids is 1. The fraction of sp³-hybridized carbons (Fsp3) is 0.385. The van der Waals surface area contributed by atoms with E-state index in [4.69, 9.17) is 9.84 Å². The number of carbonyl (C=O) groups is 2. The molecular formula is C13H14FNO4. The number of carbonyl (C=O) groups excluding carboxylic acids is 1. The van der Waals surface area contributed by atoms with E-state index in [0.29, 0.717) is 24.1 Å². The lowest BCUT2D eigenvalue weighted by Crippen LogP contribution is -2.29.